The number of aromatic nitrogens is 2. The number of amides is 1. The minimum Gasteiger partial charge on any atom is -0.461 e. The van der Waals surface area contributed by atoms with Crippen molar-refractivity contribution < 1.29 is 13.7 Å². The highest BCUT2D eigenvalue weighted by molar-refractivity contribution is 7.09. The Morgan fingerprint density at radius 3 is 3.05 bits per heavy atom. The van der Waals surface area contributed by atoms with Gasteiger partial charge in [-0.15, -0.1) is 11.3 Å². The molecule has 1 N–H and O–H groups in total. The van der Waals surface area contributed by atoms with Crippen molar-refractivity contribution in [1.82, 2.24) is 15.5 Å². The first-order valence-electron chi connectivity index (χ1n) is 6.47. The summed E-state index contributed by atoms with van der Waals surface area (Å²) in [5, 5.41) is 8.65. The second-order valence-corrected chi connectivity index (χ2v) is 5.38. The largest absolute Gasteiger partial charge is 0.461 e. The lowest BCUT2D eigenvalue weighted by molar-refractivity contribution is -0.121. The number of nitrogens with zero attached hydrogens (tertiary/aromatic N) is 2. The van der Waals surface area contributed by atoms with Gasteiger partial charge in [0.1, 0.15) is 0 Å². The van der Waals surface area contributed by atoms with Crippen molar-refractivity contribution in [3.63, 3.8) is 0 Å². The molecule has 0 atom stereocenters. The number of hydrogen-bond acceptors (Lipinski definition) is 6. The van der Waals surface area contributed by atoms with E-state index in [1.54, 1.807) is 29.7 Å². The number of hydrogen-bond donors (Lipinski definition) is 1. The average molecular weight is 303 g/mol. The van der Waals surface area contributed by atoms with Crippen LogP contribution in [0.5, 0.6) is 0 Å². The molecule has 0 aromatic carbocycles. The highest BCUT2D eigenvalue weighted by Gasteiger charge is 2.12. The molecule has 0 bridgehead atoms. The van der Waals surface area contributed by atoms with E-state index >= 15 is 0 Å². The number of nitrogens with one attached hydrogen (secondary N) is 1. The Labute approximate surface area is 124 Å². The zero-order valence-corrected chi connectivity index (χ0v) is 11.9. The molecule has 0 radical (unpaired) electrons. The number of carbonyl (C=O) groups excluding carboxylic acids is 1. The van der Waals surface area contributed by atoms with Crippen molar-refractivity contribution in [2.45, 2.75) is 19.4 Å². The second-order valence-electron chi connectivity index (χ2n) is 4.35. The molecule has 0 spiro atoms. The molecule has 3 heterocycles. The van der Waals surface area contributed by atoms with E-state index in [0.717, 1.165) is 4.88 Å². The van der Waals surface area contributed by atoms with Gasteiger partial charge in [0.05, 0.1) is 12.8 Å². The van der Waals surface area contributed by atoms with Crippen LogP contribution in [0.15, 0.2) is 44.8 Å². The lowest BCUT2D eigenvalue weighted by Gasteiger charge is -2.01. The molecule has 0 aliphatic heterocycles. The van der Waals surface area contributed by atoms with Gasteiger partial charge < -0.3 is 14.3 Å². The van der Waals surface area contributed by atoms with E-state index in [1.165, 1.54) is 0 Å². The number of rotatable bonds is 6. The van der Waals surface area contributed by atoms with Crippen LogP contribution in [0.4, 0.5) is 0 Å². The summed E-state index contributed by atoms with van der Waals surface area (Å²) in [6.45, 7) is 0.554. The van der Waals surface area contributed by atoms with Crippen LogP contribution in [-0.4, -0.2) is 16.0 Å². The van der Waals surface area contributed by atoms with E-state index in [0.29, 0.717) is 36.9 Å². The Kier molecular flexibility index (Phi) is 4.11. The lowest BCUT2D eigenvalue weighted by atomic mass is 10.3. The topological polar surface area (TPSA) is 81.2 Å². The summed E-state index contributed by atoms with van der Waals surface area (Å²) in [5.41, 5.74) is 0. The minimum absolute atomic E-state index is 0.0406. The van der Waals surface area contributed by atoms with E-state index in [2.05, 4.69) is 15.5 Å². The van der Waals surface area contributed by atoms with Gasteiger partial charge in [-0.05, 0) is 23.6 Å². The Morgan fingerprint density at radius 2 is 2.29 bits per heavy atom. The number of furan rings is 1. The van der Waals surface area contributed by atoms with Crippen LogP contribution in [0.3, 0.4) is 0 Å². The third-order valence-corrected chi connectivity index (χ3v) is 3.69. The monoisotopic (exact) mass is 303 g/mol. The third kappa shape index (κ3) is 3.57. The summed E-state index contributed by atoms with van der Waals surface area (Å²) < 4.78 is 10.3. The molecule has 0 aliphatic carbocycles. The van der Waals surface area contributed by atoms with Gasteiger partial charge in [0, 0.05) is 17.7 Å². The predicted octanol–water partition coefficient (Wildman–Crippen LogP) is 2.64. The molecular formula is C14H13N3O3S. The van der Waals surface area contributed by atoms with Crippen LogP contribution in [-0.2, 0) is 17.8 Å². The lowest BCUT2D eigenvalue weighted by Crippen LogP contribution is -2.22. The fourth-order valence-electron chi connectivity index (χ4n) is 1.77. The quantitative estimate of drug-likeness (QED) is 0.757. The predicted molar refractivity (Wildman–Crippen MR) is 76.5 cm³/mol. The molecule has 3 aromatic heterocycles. The minimum atomic E-state index is -0.0406. The van der Waals surface area contributed by atoms with E-state index in [4.69, 9.17) is 8.94 Å². The molecular weight excluding hydrogens is 290 g/mol. The first kappa shape index (κ1) is 13.6. The van der Waals surface area contributed by atoms with Crippen LogP contribution in [0.25, 0.3) is 11.6 Å². The molecule has 0 unspecified atom stereocenters. The van der Waals surface area contributed by atoms with Gasteiger partial charge in [-0.3, -0.25) is 4.79 Å². The van der Waals surface area contributed by atoms with Gasteiger partial charge in [0.15, 0.2) is 5.76 Å². The first-order chi connectivity index (χ1) is 10.3. The maximum Gasteiger partial charge on any atom is 0.238 e. The van der Waals surface area contributed by atoms with Gasteiger partial charge >= 0.3 is 0 Å². The summed E-state index contributed by atoms with van der Waals surface area (Å²) >= 11 is 1.62. The fourth-order valence-corrected chi connectivity index (χ4v) is 2.41. The van der Waals surface area contributed by atoms with Crippen molar-refractivity contribution >= 4 is 17.2 Å². The first-order valence-corrected chi connectivity index (χ1v) is 7.35. The van der Waals surface area contributed by atoms with Gasteiger partial charge in [-0.1, -0.05) is 11.2 Å². The molecule has 21 heavy (non-hydrogen) atoms. The van der Waals surface area contributed by atoms with Crippen LogP contribution < -0.4 is 5.32 Å². The van der Waals surface area contributed by atoms with Crippen molar-refractivity contribution in [2.24, 2.45) is 0 Å². The van der Waals surface area contributed by atoms with E-state index in [-0.39, 0.29) is 5.91 Å². The van der Waals surface area contributed by atoms with E-state index in [9.17, 15) is 4.79 Å². The maximum absolute atomic E-state index is 11.7. The van der Waals surface area contributed by atoms with Crippen LogP contribution >= 0.6 is 11.3 Å². The summed E-state index contributed by atoms with van der Waals surface area (Å²) in [6.07, 6.45) is 2.26. The number of carbonyl (C=O) groups is 1. The van der Waals surface area contributed by atoms with Crippen molar-refractivity contribution in [1.29, 1.82) is 0 Å². The van der Waals surface area contributed by atoms with Gasteiger partial charge in [0.25, 0.3) is 0 Å². The van der Waals surface area contributed by atoms with Gasteiger partial charge in [0.2, 0.25) is 17.6 Å². The van der Waals surface area contributed by atoms with E-state index < -0.39 is 0 Å². The number of aryl methyl sites for hydroxylation is 1. The molecule has 3 aromatic rings. The Morgan fingerprint density at radius 1 is 1.33 bits per heavy atom. The summed E-state index contributed by atoms with van der Waals surface area (Å²) in [6, 6.07) is 7.45. The molecule has 0 fully saturated rings. The third-order valence-electron chi connectivity index (χ3n) is 2.82. The normalized spacial score (nSPS) is 10.7. The molecule has 1 amide bonds. The number of thiophene rings is 1. The smallest absolute Gasteiger partial charge is 0.238 e. The molecule has 108 valence electrons. The van der Waals surface area contributed by atoms with Crippen LogP contribution in [0.1, 0.15) is 17.2 Å². The summed E-state index contributed by atoms with van der Waals surface area (Å²) in [7, 11) is 0. The molecule has 7 heteroatoms. The molecule has 0 saturated carbocycles. The van der Waals surface area contributed by atoms with Crippen LogP contribution in [0.2, 0.25) is 0 Å². The Balaban J connectivity index is 1.47. The summed E-state index contributed by atoms with van der Waals surface area (Å²) in [5.74, 6) is 1.33. The highest BCUT2D eigenvalue weighted by atomic mass is 32.1. The van der Waals surface area contributed by atoms with Gasteiger partial charge in [-0.25, -0.2) is 0 Å². The van der Waals surface area contributed by atoms with Gasteiger partial charge in [-0.2, -0.15) is 4.98 Å². The SMILES string of the molecule is O=C(CCc1nc(-c2ccco2)no1)NCc1cccs1. The van der Waals surface area contributed by atoms with Crippen molar-refractivity contribution in [2.75, 3.05) is 0 Å². The Bertz CT molecular complexity index is 689. The fraction of sp³-hybridized carbons (Fsp3) is 0.214. The molecule has 0 aliphatic rings. The zero-order valence-electron chi connectivity index (χ0n) is 11.1. The zero-order chi connectivity index (χ0) is 14.5. The van der Waals surface area contributed by atoms with E-state index in [1.807, 2.05) is 17.5 Å². The summed E-state index contributed by atoms with van der Waals surface area (Å²) in [4.78, 5) is 17.0. The van der Waals surface area contributed by atoms with Crippen molar-refractivity contribution in [3.8, 4) is 11.6 Å². The van der Waals surface area contributed by atoms with Crippen molar-refractivity contribution in [3.05, 3.63) is 46.7 Å². The maximum atomic E-state index is 11.7. The molecule has 3 rings (SSSR count). The standard InChI is InChI=1S/C14H13N3O3S/c18-12(15-9-10-3-2-8-21-10)5-6-13-16-14(17-20-13)11-4-1-7-19-11/h1-4,7-8H,5-6,9H2,(H,15,18). The average Bonchev–Trinajstić information content (AvgIpc) is 3.24. The molecule has 0 saturated heterocycles. The Hall–Kier alpha value is -2.41. The van der Waals surface area contributed by atoms with Crippen LogP contribution in [0, 0.1) is 0 Å². The molecule has 6 nitrogen and oxygen atoms in total. The highest BCUT2D eigenvalue weighted by Crippen LogP contribution is 2.16. The second kappa shape index (κ2) is 6.36.